The summed E-state index contributed by atoms with van der Waals surface area (Å²) < 4.78 is 28.1. The Morgan fingerprint density at radius 1 is 1.23 bits per heavy atom. The van der Waals surface area contributed by atoms with E-state index in [2.05, 4.69) is 10.2 Å². The number of hydrogen-bond donors (Lipinski definition) is 1. The van der Waals surface area contributed by atoms with Gasteiger partial charge in [-0.15, -0.1) is 0 Å². The molecule has 0 bridgehead atoms. The van der Waals surface area contributed by atoms with Gasteiger partial charge in [-0.25, -0.2) is 8.42 Å². The van der Waals surface area contributed by atoms with Gasteiger partial charge in [-0.2, -0.15) is 0 Å². The van der Waals surface area contributed by atoms with E-state index in [9.17, 15) is 13.2 Å². The van der Waals surface area contributed by atoms with E-state index in [1.54, 1.807) is 19.1 Å². The number of morpholine rings is 1. The molecule has 0 radical (unpaired) electrons. The van der Waals surface area contributed by atoms with Gasteiger partial charge in [0, 0.05) is 40.5 Å². The molecule has 1 saturated heterocycles. The van der Waals surface area contributed by atoms with Crippen molar-refractivity contribution in [3.8, 4) is 0 Å². The van der Waals surface area contributed by atoms with Crippen molar-refractivity contribution in [1.29, 1.82) is 0 Å². The molecule has 1 N–H and O–H groups in total. The zero-order valence-corrected chi connectivity index (χ0v) is 18.5. The number of benzene rings is 2. The maximum atomic E-state index is 12.5. The number of carbonyl (C=O) groups is 1. The van der Waals surface area contributed by atoms with Crippen LogP contribution in [-0.4, -0.2) is 46.4 Å². The SMILES string of the molecule is C[C@H](/C=C/S(C)(=O)=O)NC(=O)c1ccc(N2CCOCC2c2ccccc2Cl)cc1. The molecular formula is C22H25ClN2O4S. The maximum absolute atomic E-state index is 12.5. The molecule has 2 aromatic carbocycles. The Labute approximate surface area is 182 Å². The molecule has 30 heavy (non-hydrogen) atoms. The number of ether oxygens (including phenoxy) is 1. The first-order valence-corrected chi connectivity index (χ1v) is 12.0. The number of sulfone groups is 1. The van der Waals surface area contributed by atoms with Crippen molar-refractivity contribution in [1.82, 2.24) is 5.32 Å². The second-order valence-electron chi connectivity index (χ2n) is 7.27. The summed E-state index contributed by atoms with van der Waals surface area (Å²) in [6, 6.07) is 14.7. The van der Waals surface area contributed by atoms with Gasteiger partial charge >= 0.3 is 0 Å². The smallest absolute Gasteiger partial charge is 0.251 e. The minimum atomic E-state index is -3.23. The number of halogens is 1. The highest BCUT2D eigenvalue weighted by Crippen LogP contribution is 2.33. The zero-order chi connectivity index (χ0) is 21.7. The number of nitrogens with one attached hydrogen (secondary N) is 1. The summed E-state index contributed by atoms with van der Waals surface area (Å²) in [6.45, 7) is 3.59. The molecule has 0 spiro atoms. The van der Waals surface area contributed by atoms with Crippen LogP contribution < -0.4 is 10.2 Å². The van der Waals surface area contributed by atoms with E-state index in [1.165, 1.54) is 6.08 Å². The molecule has 2 aromatic rings. The molecule has 1 amide bonds. The molecule has 1 fully saturated rings. The molecule has 3 rings (SSSR count). The van der Waals surface area contributed by atoms with Crippen molar-refractivity contribution >= 4 is 33.0 Å². The highest BCUT2D eigenvalue weighted by molar-refractivity contribution is 7.93. The Balaban J connectivity index is 1.73. The van der Waals surface area contributed by atoms with Crippen molar-refractivity contribution in [3.63, 3.8) is 0 Å². The van der Waals surface area contributed by atoms with Crippen molar-refractivity contribution in [2.45, 2.75) is 19.0 Å². The van der Waals surface area contributed by atoms with Gasteiger partial charge < -0.3 is 15.0 Å². The molecule has 0 aliphatic carbocycles. The maximum Gasteiger partial charge on any atom is 0.251 e. The van der Waals surface area contributed by atoms with Gasteiger partial charge in [0.1, 0.15) is 0 Å². The third kappa shape index (κ3) is 5.84. The Morgan fingerprint density at radius 3 is 2.60 bits per heavy atom. The summed E-state index contributed by atoms with van der Waals surface area (Å²) in [4.78, 5) is 14.7. The average Bonchev–Trinajstić information content (AvgIpc) is 2.72. The molecule has 6 nitrogen and oxygen atoms in total. The van der Waals surface area contributed by atoms with Gasteiger partial charge in [-0.05, 0) is 42.8 Å². The van der Waals surface area contributed by atoms with E-state index < -0.39 is 15.9 Å². The molecule has 0 aromatic heterocycles. The topological polar surface area (TPSA) is 75.7 Å². The normalized spacial score (nSPS) is 18.4. The van der Waals surface area contributed by atoms with E-state index in [0.717, 1.165) is 29.5 Å². The van der Waals surface area contributed by atoms with Gasteiger partial charge in [-0.1, -0.05) is 35.9 Å². The van der Waals surface area contributed by atoms with Crippen molar-refractivity contribution in [3.05, 3.63) is 76.2 Å². The first-order chi connectivity index (χ1) is 14.2. The predicted octanol–water partition coefficient (Wildman–Crippen LogP) is 3.59. The van der Waals surface area contributed by atoms with Gasteiger partial charge in [0.05, 0.1) is 19.3 Å². The summed E-state index contributed by atoms with van der Waals surface area (Å²) in [5, 5.41) is 4.56. The Kier molecular flexibility index (Phi) is 7.18. The van der Waals surface area contributed by atoms with Crippen LogP contribution in [0.4, 0.5) is 5.69 Å². The number of rotatable bonds is 6. The van der Waals surface area contributed by atoms with Crippen molar-refractivity contribution in [2.75, 3.05) is 30.9 Å². The molecule has 1 heterocycles. The van der Waals surface area contributed by atoms with Crippen LogP contribution >= 0.6 is 11.6 Å². The second kappa shape index (κ2) is 9.64. The van der Waals surface area contributed by atoms with Gasteiger partial charge in [-0.3, -0.25) is 4.79 Å². The largest absolute Gasteiger partial charge is 0.377 e. The van der Waals surface area contributed by atoms with Crippen LogP contribution in [0.1, 0.15) is 28.9 Å². The quantitative estimate of drug-likeness (QED) is 0.730. The van der Waals surface area contributed by atoms with Gasteiger partial charge in [0.25, 0.3) is 5.91 Å². The summed E-state index contributed by atoms with van der Waals surface area (Å²) in [5.41, 5.74) is 2.48. The number of nitrogens with zero attached hydrogens (tertiary/aromatic N) is 1. The zero-order valence-electron chi connectivity index (χ0n) is 16.9. The molecule has 2 atom stereocenters. The van der Waals surface area contributed by atoms with Gasteiger partial charge in [0.15, 0.2) is 9.84 Å². The van der Waals surface area contributed by atoms with E-state index in [0.29, 0.717) is 23.8 Å². The highest BCUT2D eigenvalue weighted by atomic mass is 35.5. The lowest BCUT2D eigenvalue weighted by molar-refractivity contribution is 0.0938. The van der Waals surface area contributed by atoms with Crippen LogP contribution in [0.25, 0.3) is 0 Å². The first-order valence-electron chi connectivity index (χ1n) is 9.62. The fourth-order valence-electron chi connectivity index (χ4n) is 3.32. The molecule has 1 aliphatic heterocycles. The lowest BCUT2D eigenvalue weighted by Crippen LogP contribution is -2.39. The van der Waals surface area contributed by atoms with Crippen LogP contribution in [0.2, 0.25) is 5.02 Å². The third-order valence-corrected chi connectivity index (χ3v) is 5.82. The fraction of sp³-hybridized carbons (Fsp3) is 0.318. The summed E-state index contributed by atoms with van der Waals surface area (Å²) >= 11 is 6.40. The van der Waals surface area contributed by atoms with Crippen molar-refractivity contribution < 1.29 is 17.9 Å². The molecule has 0 saturated carbocycles. The van der Waals surface area contributed by atoms with E-state index >= 15 is 0 Å². The first kappa shape index (κ1) is 22.3. The second-order valence-corrected chi connectivity index (χ2v) is 9.61. The number of amides is 1. The minimum Gasteiger partial charge on any atom is -0.377 e. The molecule has 1 unspecified atom stereocenters. The van der Waals surface area contributed by atoms with Crippen LogP contribution in [0, 0.1) is 0 Å². The Morgan fingerprint density at radius 2 is 1.93 bits per heavy atom. The number of carbonyl (C=O) groups excluding carboxylic acids is 1. The highest BCUT2D eigenvalue weighted by Gasteiger charge is 2.26. The Hall–Kier alpha value is -2.35. The summed E-state index contributed by atoms with van der Waals surface area (Å²) in [5.74, 6) is -0.267. The average molecular weight is 449 g/mol. The lowest BCUT2D eigenvalue weighted by Gasteiger charge is -2.38. The summed E-state index contributed by atoms with van der Waals surface area (Å²) in [6.07, 6.45) is 2.56. The predicted molar refractivity (Wildman–Crippen MR) is 120 cm³/mol. The minimum absolute atomic E-state index is 0.00622. The molecule has 1 aliphatic rings. The monoisotopic (exact) mass is 448 g/mol. The Bertz CT molecular complexity index is 1020. The molecule has 8 heteroatoms. The lowest BCUT2D eigenvalue weighted by atomic mass is 10.0. The molecule has 160 valence electrons. The fourth-order valence-corrected chi connectivity index (χ4v) is 4.10. The van der Waals surface area contributed by atoms with E-state index in [4.69, 9.17) is 16.3 Å². The standard InChI is InChI=1S/C22H25ClN2O4S/c1-16(11-14-30(2,27)28)24-22(26)17-7-9-18(10-8-17)25-12-13-29-15-21(25)19-5-3-4-6-20(19)23/h3-11,14,16,21H,12-13,15H2,1-2H3,(H,24,26)/b14-11+/t16-,21?/m1/s1. The van der Waals surface area contributed by atoms with E-state index in [1.807, 2.05) is 36.4 Å². The van der Waals surface area contributed by atoms with Crippen molar-refractivity contribution in [2.24, 2.45) is 0 Å². The van der Waals surface area contributed by atoms with Crippen LogP contribution in [0.5, 0.6) is 0 Å². The number of anilines is 1. The summed E-state index contributed by atoms with van der Waals surface area (Å²) in [7, 11) is -3.23. The third-order valence-electron chi connectivity index (χ3n) is 4.83. The van der Waals surface area contributed by atoms with Crippen LogP contribution in [0.3, 0.4) is 0 Å². The number of hydrogen-bond acceptors (Lipinski definition) is 5. The van der Waals surface area contributed by atoms with Crippen LogP contribution in [-0.2, 0) is 14.6 Å². The van der Waals surface area contributed by atoms with Crippen LogP contribution in [0.15, 0.2) is 60.0 Å². The van der Waals surface area contributed by atoms with Gasteiger partial charge in [0.2, 0.25) is 0 Å². The molecular weight excluding hydrogens is 424 g/mol. The van der Waals surface area contributed by atoms with E-state index in [-0.39, 0.29) is 11.9 Å².